The lowest BCUT2D eigenvalue weighted by molar-refractivity contribution is 0.102. The van der Waals surface area contributed by atoms with Gasteiger partial charge in [0.05, 0.1) is 28.8 Å². The number of carbonyl (C=O) groups is 1. The van der Waals surface area contributed by atoms with E-state index in [1.54, 1.807) is 62.5 Å². The van der Waals surface area contributed by atoms with Crippen molar-refractivity contribution in [3.05, 3.63) is 76.8 Å². The number of aromatic nitrogens is 2. The summed E-state index contributed by atoms with van der Waals surface area (Å²) in [4.78, 5) is 20.9. The van der Waals surface area contributed by atoms with E-state index in [4.69, 9.17) is 11.6 Å². The number of nitrogens with one attached hydrogen (secondary N) is 1. The van der Waals surface area contributed by atoms with Crippen molar-refractivity contribution in [3.63, 3.8) is 0 Å². The van der Waals surface area contributed by atoms with E-state index in [2.05, 4.69) is 27.4 Å². The molecule has 0 aliphatic heterocycles. The number of nitrogens with zero attached hydrogens (tertiary/aromatic N) is 4. The molecule has 0 saturated carbocycles. The lowest BCUT2D eigenvalue weighted by atomic mass is 9.90. The Hall–Kier alpha value is -3.74. The maximum absolute atomic E-state index is 12.7. The molecule has 0 aliphatic rings. The summed E-state index contributed by atoms with van der Waals surface area (Å²) in [5.74, 6) is -0.342. The van der Waals surface area contributed by atoms with Gasteiger partial charge in [-0.1, -0.05) is 11.6 Å². The van der Waals surface area contributed by atoms with Gasteiger partial charge in [0.2, 0.25) is 0 Å². The number of halogens is 1. The van der Waals surface area contributed by atoms with Gasteiger partial charge < -0.3 is 5.32 Å². The number of amides is 1. The second-order valence-corrected chi connectivity index (χ2v) is 7.25. The Morgan fingerprint density at radius 3 is 2.52 bits per heavy atom. The van der Waals surface area contributed by atoms with Crippen LogP contribution in [0.1, 0.15) is 35.5 Å². The van der Waals surface area contributed by atoms with Crippen LogP contribution in [-0.2, 0) is 5.41 Å². The molecular weight excluding hydrogens is 386 g/mol. The molecule has 0 aliphatic carbocycles. The topological polar surface area (TPSA) is 102 Å². The number of carbonyl (C=O) groups excluding carboxylic acids is 1. The summed E-state index contributed by atoms with van der Waals surface area (Å²) < 4.78 is 0. The molecule has 6 nitrogen and oxygen atoms in total. The van der Waals surface area contributed by atoms with E-state index in [-0.39, 0.29) is 5.91 Å². The lowest BCUT2D eigenvalue weighted by Gasteiger charge is -2.15. The Kier molecular flexibility index (Phi) is 5.59. The van der Waals surface area contributed by atoms with Crippen molar-refractivity contribution >= 4 is 23.2 Å². The highest BCUT2D eigenvalue weighted by molar-refractivity contribution is 6.29. The maximum Gasteiger partial charge on any atom is 0.255 e. The van der Waals surface area contributed by atoms with Crippen LogP contribution in [-0.4, -0.2) is 15.9 Å². The Morgan fingerprint density at radius 1 is 1.07 bits per heavy atom. The molecule has 2 heterocycles. The van der Waals surface area contributed by atoms with Gasteiger partial charge in [-0.2, -0.15) is 10.5 Å². The first-order valence-corrected chi connectivity index (χ1v) is 9.07. The number of hydrogen-bond donors (Lipinski definition) is 1. The largest absolute Gasteiger partial charge is 0.322 e. The minimum Gasteiger partial charge on any atom is -0.322 e. The third-order valence-electron chi connectivity index (χ3n) is 4.38. The normalized spacial score (nSPS) is 10.7. The standard InChI is InChI=1S/C22H16ClN5O/c1-22(2,13-25)19-9-15(6-7-26-19)21(29)28-17-4-3-16(12-24)18(11-17)14-5-8-27-20(23)10-14/h3-11H,1-2H3,(H,28,29). The first-order valence-electron chi connectivity index (χ1n) is 8.69. The summed E-state index contributed by atoms with van der Waals surface area (Å²) in [6.07, 6.45) is 3.06. The molecule has 0 fully saturated rings. The molecule has 29 heavy (non-hydrogen) atoms. The van der Waals surface area contributed by atoms with Crippen LogP contribution in [0.15, 0.2) is 54.9 Å². The van der Waals surface area contributed by atoms with Crippen LogP contribution in [0.2, 0.25) is 5.15 Å². The van der Waals surface area contributed by atoms with Crippen molar-refractivity contribution in [3.8, 4) is 23.3 Å². The summed E-state index contributed by atoms with van der Waals surface area (Å²) in [7, 11) is 0. The SMILES string of the molecule is CC(C)(C#N)c1cc(C(=O)Nc2ccc(C#N)c(-c3ccnc(Cl)c3)c2)ccn1. The second kappa shape index (κ2) is 8.10. The monoisotopic (exact) mass is 401 g/mol. The molecule has 0 bridgehead atoms. The van der Waals surface area contributed by atoms with Gasteiger partial charge >= 0.3 is 0 Å². The molecule has 0 atom stereocenters. The molecule has 1 aromatic carbocycles. The van der Waals surface area contributed by atoms with Gasteiger partial charge in [-0.3, -0.25) is 9.78 Å². The van der Waals surface area contributed by atoms with Crippen LogP contribution in [0.4, 0.5) is 5.69 Å². The van der Waals surface area contributed by atoms with Crippen LogP contribution in [0, 0.1) is 22.7 Å². The number of pyridine rings is 2. The highest BCUT2D eigenvalue weighted by Gasteiger charge is 2.22. The summed E-state index contributed by atoms with van der Waals surface area (Å²) in [5.41, 5.74) is 2.42. The van der Waals surface area contributed by atoms with E-state index in [0.29, 0.717) is 33.2 Å². The predicted molar refractivity (Wildman–Crippen MR) is 110 cm³/mol. The van der Waals surface area contributed by atoms with Gasteiger partial charge in [0.25, 0.3) is 5.91 Å². The van der Waals surface area contributed by atoms with E-state index in [1.807, 2.05) is 0 Å². The quantitative estimate of drug-likeness (QED) is 0.637. The molecule has 1 amide bonds. The molecule has 2 aromatic heterocycles. The zero-order valence-corrected chi connectivity index (χ0v) is 16.5. The second-order valence-electron chi connectivity index (χ2n) is 6.86. The van der Waals surface area contributed by atoms with E-state index in [0.717, 1.165) is 5.56 Å². The van der Waals surface area contributed by atoms with E-state index in [1.165, 1.54) is 6.20 Å². The number of benzene rings is 1. The number of hydrogen-bond acceptors (Lipinski definition) is 5. The highest BCUT2D eigenvalue weighted by Crippen LogP contribution is 2.28. The summed E-state index contributed by atoms with van der Waals surface area (Å²) in [5, 5.41) is 21.8. The zero-order valence-electron chi connectivity index (χ0n) is 15.8. The van der Waals surface area contributed by atoms with Crippen LogP contribution in [0.25, 0.3) is 11.1 Å². The van der Waals surface area contributed by atoms with E-state index >= 15 is 0 Å². The van der Waals surface area contributed by atoms with Crippen LogP contribution in [0.5, 0.6) is 0 Å². The molecule has 3 aromatic rings. The Balaban J connectivity index is 1.93. The third kappa shape index (κ3) is 4.40. The highest BCUT2D eigenvalue weighted by atomic mass is 35.5. The van der Waals surface area contributed by atoms with E-state index < -0.39 is 5.41 Å². The average molecular weight is 402 g/mol. The van der Waals surface area contributed by atoms with Crippen LogP contribution >= 0.6 is 11.6 Å². The van der Waals surface area contributed by atoms with Crippen molar-refractivity contribution in [2.45, 2.75) is 19.3 Å². The van der Waals surface area contributed by atoms with Gasteiger partial charge in [-0.05, 0) is 61.9 Å². The van der Waals surface area contributed by atoms with Crippen molar-refractivity contribution in [2.75, 3.05) is 5.32 Å². The minimum absolute atomic E-state index is 0.310. The fraction of sp³-hybridized carbons (Fsp3) is 0.136. The van der Waals surface area contributed by atoms with Gasteiger partial charge in [-0.25, -0.2) is 4.98 Å². The maximum atomic E-state index is 12.7. The molecular formula is C22H16ClN5O. The fourth-order valence-corrected chi connectivity index (χ4v) is 2.88. The first kappa shape index (κ1) is 20.0. The molecule has 0 spiro atoms. The number of anilines is 1. The summed E-state index contributed by atoms with van der Waals surface area (Å²) in [6.45, 7) is 3.48. The Bertz CT molecular complexity index is 1170. The smallest absolute Gasteiger partial charge is 0.255 e. The third-order valence-corrected chi connectivity index (χ3v) is 4.58. The molecule has 0 radical (unpaired) electrons. The van der Waals surface area contributed by atoms with Crippen molar-refractivity contribution in [1.29, 1.82) is 10.5 Å². The van der Waals surface area contributed by atoms with Crippen LogP contribution in [0.3, 0.4) is 0 Å². The molecule has 0 saturated heterocycles. The first-order chi connectivity index (χ1) is 13.8. The summed E-state index contributed by atoms with van der Waals surface area (Å²) in [6, 6.07) is 15.9. The lowest BCUT2D eigenvalue weighted by Crippen LogP contribution is -2.18. The van der Waals surface area contributed by atoms with Crippen LogP contribution < -0.4 is 5.32 Å². The van der Waals surface area contributed by atoms with Crippen molar-refractivity contribution in [1.82, 2.24) is 9.97 Å². The van der Waals surface area contributed by atoms with Gasteiger partial charge in [0.15, 0.2) is 0 Å². The van der Waals surface area contributed by atoms with E-state index in [9.17, 15) is 15.3 Å². The Morgan fingerprint density at radius 2 is 1.83 bits per heavy atom. The summed E-state index contributed by atoms with van der Waals surface area (Å²) >= 11 is 5.97. The fourth-order valence-electron chi connectivity index (χ4n) is 2.70. The van der Waals surface area contributed by atoms with Crippen molar-refractivity contribution in [2.24, 2.45) is 0 Å². The van der Waals surface area contributed by atoms with Gasteiger partial charge in [0.1, 0.15) is 5.15 Å². The van der Waals surface area contributed by atoms with Gasteiger partial charge in [-0.15, -0.1) is 0 Å². The molecule has 0 unspecified atom stereocenters. The average Bonchev–Trinajstić information content (AvgIpc) is 2.73. The predicted octanol–water partition coefficient (Wildman–Crippen LogP) is 4.72. The molecule has 1 N–H and O–H groups in total. The van der Waals surface area contributed by atoms with Crippen molar-refractivity contribution < 1.29 is 4.79 Å². The number of nitriles is 2. The molecule has 142 valence electrons. The molecule has 7 heteroatoms. The minimum atomic E-state index is -0.807. The van der Waals surface area contributed by atoms with Gasteiger partial charge in [0, 0.05) is 29.2 Å². The zero-order chi connectivity index (χ0) is 21.0. The Labute approximate surface area is 173 Å². The number of rotatable bonds is 4. The molecule has 3 rings (SSSR count).